The molecule has 0 aromatic heterocycles. The Bertz CT molecular complexity index is 213. The number of rotatable bonds is 3. The lowest BCUT2D eigenvalue weighted by Gasteiger charge is -2.18. The van der Waals surface area contributed by atoms with Crippen molar-refractivity contribution in [3.63, 3.8) is 0 Å². The lowest BCUT2D eigenvalue weighted by Crippen LogP contribution is -2.34. The molecule has 78 valence electrons. The zero-order chi connectivity index (χ0) is 9.80. The first-order chi connectivity index (χ1) is 6.90. The van der Waals surface area contributed by atoms with E-state index in [1.807, 2.05) is 0 Å². The molecule has 2 nitrogen and oxygen atoms in total. The van der Waals surface area contributed by atoms with Crippen LogP contribution < -0.4 is 5.32 Å². The molecule has 0 heterocycles. The molecular weight excluding hydrogens is 172 g/mol. The Morgan fingerprint density at radius 2 is 1.86 bits per heavy atom. The minimum absolute atomic E-state index is 0.288. The molecule has 2 aliphatic carbocycles. The molecule has 2 rings (SSSR count). The summed E-state index contributed by atoms with van der Waals surface area (Å²) in [5, 5.41) is 12.5. The summed E-state index contributed by atoms with van der Waals surface area (Å²) in [5.74, 6) is 1.19. The predicted molar refractivity (Wildman–Crippen MR) is 56.7 cm³/mol. The lowest BCUT2D eigenvalue weighted by atomic mass is 10.0. The van der Waals surface area contributed by atoms with Crippen molar-refractivity contribution in [3.8, 4) is 6.07 Å². The van der Waals surface area contributed by atoms with E-state index < -0.39 is 0 Å². The fourth-order valence-electron chi connectivity index (χ4n) is 2.89. The van der Waals surface area contributed by atoms with Crippen molar-refractivity contribution < 1.29 is 0 Å². The second-order valence-corrected chi connectivity index (χ2v) is 4.83. The summed E-state index contributed by atoms with van der Waals surface area (Å²) in [4.78, 5) is 0. The monoisotopic (exact) mass is 192 g/mol. The van der Waals surface area contributed by atoms with E-state index in [1.54, 1.807) is 0 Å². The summed E-state index contributed by atoms with van der Waals surface area (Å²) in [7, 11) is 0. The molecule has 2 heteroatoms. The van der Waals surface area contributed by atoms with Crippen molar-refractivity contribution >= 4 is 0 Å². The third kappa shape index (κ3) is 2.27. The first kappa shape index (κ1) is 9.98. The molecule has 2 fully saturated rings. The second kappa shape index (κ2) is 4.79. The Morgan fingerprint density at radius 1 is 1.07 bits per heavy atom. The van der Waals surface area contributed by atoms with Gasteiger partial charge in [0.1, 0.15) is 0 Å². The van der Waals surface area contributed by atoms with E-state index in [2.05, 4.69) is 11.4 Å². The van der Waals surface area contributed by atoms with Gasteiger partial charge in [0.2, 0.25) is 0 Å². The number of hydrogen-bond acceptors (Lipinski definition) is 2. The lowest BCUT2D eigenvalue weighted by molar-refractivity contribution is 0.405. The van der Waals surface area contributed by atoms with E-state index in [-0.39, 0.29) is 5.92 Å². The molecule has 0 aromatic carbocycles. The van der Waals surface area contributed by atoms with Crippen LogP contribution in [0.25, 0.3) is 0 Å². The molecule has 0 aliphatic heterocycles. The third-order valence-corrected chi connectivity index (χ3v) is 3.83. The minimum atomic E-state index is 0.288. The van der Waals surface area contributed by atoms with Crippen LogP contribution in [0.15, 0.2) is 0 Å². The molecule has 0 saturated heterocycles. The quantitative estimate of drug-likeness (QED) is 0.745. The van der Waals surface area contributed by atoms with Gasteiger partial charge < -0.3 is 5.32 Å². The molecule has 0 radical (unpaired) electrons. The number of nitriles is 1. The van der Waals surface area contributed by atoms with E-state index in [4.69, 9.17) is 5.26 Å². The second-order valence-electron chi connectivity index (χ2n) is 4.83. The molecule has 0 bridgehead atoms. The normalized spacial score (nSPS) is 33.4. The van der Waals surface area contributed by atoms with Crippen LogP contribution in [0.1, 0.15) is 44.9 Å². The molecule has 14 heavy (non-hydrogen) atoms. The Labute approximate surface area is 86.7 Å². The molecule has 2 atom stereocenters. The standard InChI is InChI=1S/C12H20N2/c13-8-11-6-3-7-12(11)14-9-10-4-1-2-5-10/h10-12,14H,1-7,9H2. The maximum Gasteiger partial charge on any atom is 0.0672 e. The summed E-state index contributed by atoms with van der Waals surface area (Å²) in [5.41, 5.74) is 0. The highest BCUT2D eigenvalue weighted by Crippen LogP contribution is 2.27. The molecular formula is C12H20N2. The summed E-state index contributed by atoms with van der Waals surface area (Å²) in [6.45, 7) is 1.16. The largest absolute Gasteiger partial charge is 0.312 e. The van der Waals surface area contributed by atoms with Gasteiger partial charge in [0.25, 0.3) is 0 Å². The van der Waals surface area contributed by atoms with Crippen LogP contribution in [-0.2, 0) is 0 Å². The van der Waals surface area contributed by atoms with Gasteiger partial charge in [-0.2, -0.15) is 5.26 Å². The van der Waals surface area contributed by atoms with Crippen molar-refractivity contribution in [2.45, 2.75) is 51.0 Å². The highest BCUT2D eigenvalue weighted by Gasteiger charge is 2.27. The fourth-order valence-corrected chi connectivity index (χ4v) is 2.89. The zero-order valence-corrected chi connectivity index (χ0v) is 8.84. The van der Waals surface area contributed by atoms with Gasteiger partial charge in [-0.3, -0.25) is 0 Å². The fraction of sp³-hybridized carbons (Fsp3) is 0.917. The van der Waals surface area contributed by atoms with Crippen LogP contribution in [0.2, 0.25) is 0 Å². The first-order valence-corrected chi connectivity index (χ1v) is 6.03. The number of nitrogens with one attached hydrogen (secondary N) is 1. The van der Waals surface area contributed by atoms with Crippen LogP contribution in [0.3, 0.4) is 0 Å². The zero-order valence-electron chi connectivity index (χ0n) is 8.84. The minimum Gasteiger partial charge on any atom is -0.312 e. The molecule has 0 amide bonds. The van der Waals surface area contributed by atoms with E-state index in [1.165, 1.54) is 38.5 Å². The van der Waals surface area contributed by atoms with Crippen molar-refractivity contribution in [1.29, 1.82) is 5.26 Å². The van der Waals surface area contributed by atoms with E-state index >= 15 is 0 Å². The van der Waals surface area contributed by atoms with Crippen LogP contribution in [0.5, 0.6) is 0 Å². The van der Waals surface area contributed by atoms with Crippen molar-refractivity contribution in [3.05, 3.63) is 0 Å². The molecule has 2 unspecified atom stereocenters. The van der Waals surface area contributed by atoms with Gasteiger partial charge in [0.05, 0.1) is 12.0 Å². The van der Waals surface area contributed by atoms with Crippen molar-refractivity contribution in [1.82, 2.24) is 5.32 Å². The van der Waals surface area contributed by atoms with Gasteiger partial charge >= 0.3 is 0 Å². The molecule has 2 aliphatic rings. The maximum atomic E-state index is 8.94. The summed E-state index contributed by atoms with van der Waals surface area (Å²) >= 11 is 0. The van der Waals surface area contributed by atoms with Crippen LogP contribution in [0, 0.1) is 23.2 Å². The van der Waals surface area contributed by atoms with Gasteiger partial charge in [-0.05, 0) is 38.1 Å². The van der Waals surface area contributed by atoms with Crippen molar-refractivity contribution in [2.75, 3.05) is 6.54 Å². The van der Waals surface area contributed by atoms with Crippen LogP contribution in [-0.4, -0.2) is 12.6 Å². The van der Waals surface area contributed by atoms with Gasteiger partial charge in [-0.25, -0.2) is 0 Å². The van der Waals surface area contributed by atoms with Gasteiger partial charge in [0.15, 0.2) is 0 Å². The summed E-state index contributed by atoms with van der Waals surface area (Å²) in [6.07, 6.45) is 9.19. The smallest absolute Gasteiger partial charge is 0.0672 e. The Morgan fingerprint density at radius 3 is 2.57 bits per heavy atom. The van der Waals surface area contributed by atoms with E-state index in [0.717, 1.165) is 18.9 Å². The van der Waals surface area contributed by atoms with Gasteiger partial charge in [-0.15, -0.1) is 0 Å². The average molecular weight is 192 g/mol. The topological polar surface area (TPSA) is 35.8 Å². The van der Waals surface area contributed by atoms with Crippen LogP contribution in [0.4, 0.5) is 0 Å². The Kier molecular flexibility index (Phi) is 3.42. The summed E-state index contributed by atoms with van der Waals surface area (Å²) < 4.78 is 0. The highest BCUT2D eigenvalue weighted by molar-refractivity contribution is 4.96. The highest BCUT2D eigenvalue weighted by atomic mass is 14.9. The molecule has 0 aromatic rings. The molecule has 1 N–H and O–H groups in total. The van der Waals surface area contributed by atoms with Gasteiger partial charge in [0, 0.05) is 6.04 Å². The molecule has 0 spiro atoms. The number of hydrogen-bond donors (Lipinski definition) is 1. The Balaban J connectivity index is 1.71. The van der Waals surface area contributed by atoms with Crippen LogP contribution >= 0.6 is 0 Å². The van der Waals surface area contributed by atoms with E-state index in [0.29, 0.717) is 6.04 Å². The van der Waals surface area contributed by atoms with E-state index in [9.17, 15) is 0 Å². The molecule has 2 saturated carbocycles. The third-order valence-electron chi connectivity index (χ3n) is 3.83. The maximum absolute atomic E-state index is 8.94. The predicted octanol–water partition coefficient (Wildman–Crippen LogP) is 2.46. The van der Waals surface area contributed by atoms with Crippen molar-refractivity contribution in [2.24, 2.45) is 11.8 Å². The number of nitrogens with zero attached hydrogens (tertiary/aromatic N) is 1. The Hall–Kier alpha value is -0.550. The van der Waals surface area contributed by atoms with Gasteiger partial charge in [-0.1, -0.05) is 19.3 Å². The SMILES string of the molecule is N#CC1CCCC1NCC1CCCC1. The average Bonchev–Trinajstić information content (AvgIpc) is 2.85. The first-order valence-electron chi connectivity index (χ1n) is 6.03. The summed E-state index contributed by atoms with van der Waals surface area (Å²) in [6, 6.07) is 2.93.